The zero-order valence-electron chi connectivity index (χ0n) is 13.2. The molecule has 0 atom stereocenters. The van der Waals surface area contributed by atoms with Crippen LogP contribution >= 0.6 is 11.3 Å². The summed E-state index contributed by atoms with van der Waals surface area (Å²) in [6, 6.07) is 6.73. The average Bonchev–Trinajstić information content (AvgIpc) is 3.11. The molecule has 0 bridgehead atoms. The molecule has 2 aromatic rings. The van der Waals surface area contributed by atoms with Crippen LogP contribution < -0.4 is 9.62 Å². The monoisotopic (exact) mass is 366 g/mol. The first-order valence-electron chi connectivity index (χ1n) is 7.48. The van der Waals surface area contributed by atoms with Crippen LogP contribution in [0.4, 0.5) is 11.5 Å². The third-order valence-corrected chi connectivity index (χ3v) is 6.59. The average molecular weight is 366 g/mol. The number of anilines is 2. The lowest BCUT2D eigenvalue weighted by Gasteiger charge is -2.35. The molecule has 1 saturated heterocycles. The van der Waals surface area contributed by atoms with Crippen molar-refractivity contribution in [2.45, 2.75) is 11.1 Å². The highest BCUT2D eigenvalue weighted by atomic mass is 32.2. The summed E-state index contributed by atoms with van der Waals surface area (Å²) >= 11 is 1.16. The fourth-order valence-corrected chi connectivity index (χ4v) is 4.52. The number of hydrogen-bond acceptors (Lipinski definition) is 6. The lowest BCUT2D eigenvalue weighted by molar-refractivity contribution is -0.129. The van der Waals surface area contributed by atoms with Gasteiger partial charge in [0.25, 0.3) is 10.0 Å². The van der Waals surface area contributed by atoms with Gasteiger partial charge in [-0.2, -0.15) is 0 Å². The fraction of sp³-hybridized carbons (Fsp3) is 0.333. The predicted molar refractivity (Wildman–Crippen MR) is 93.8 cm³/mol. The van der Waals surface area contributed by atoms with Crippen LogP contribution in [0.15, 0.2) is 40.1 Å². The van der Waals surface area contributed by atoms with Crippen molar-refractivity contribution in [3.05, 3.63) is 35.8 Å². The van der Waals surface area contributed by atoms with E-state index >= 15 is 0 Å². The van der Waals surface area contributed by atoms with Crippen molar-refractivity contribution in [2.75, 3.05) is 35.8 Å². The molecule has 0 aromatic carbocycles. The maximum atomic E-state index is 12.2. The second-order valence-electron chi connectivity index (χ2n) is 5.43. The first kappa shape index (κ1) is 16.7. The first-order chi connectivity index (χ1) is 11.5. The van der Waals surface area contributed by atoms with Gasteiger partial charge in [0, 0.05) is 33.1 Å². The van der Waals surface area contributed by atoms with E-state index in [9.17, 15) is 13.2 Å². The standard InChI is InChI=1S/C15H18N4O3S2/c1-12(20)18-6-8-19(9-7-18)13-4-5-14(16-11-13)17-24(21,22)15-3-2-10-23-15/h2-5,10-11H,6-9H2,1H3,(H,16,17). The molecular formula is C15H18N4O3S2. The fourth-order valence-electron chi connectivity index (χ4n) is 2.52. The van der Waals surface area contributed by atoms with Gasteiger partial charge in [-0.1, -0.05) is 6.07 Å². The van der Waals surface area contributed by atoms with E-state index in [-0.39, 0.29) is 15.9 Å². The molecule has 128 valence electrons. The van der Waals surface area contributed by atoms with Crippen molar-refractivity contribution in [2.24, 2.45) is 0 Å². The van der Waals surface area contributed by atoms with E-state index in [0.717, 1.165) is 30.1 Å². The Morgan fingerprint density at radius 3 is 2.50 bits per heavy atom. The van der Waals surface area contributed by atoms with Crippen molar-refractivity contribution in [1.82, 2.24) is 9.88 Å². The molecule has 0 aliphatic carbocycles. The number of piperazine rings is 1. The number of sulfonamides is 1. The topological polar surface area (TPSA) is 82.6 Å². The summed E-state index contributed by atoms with van der Waals surface area (Å²) in [5.41, 5.74) is 0.914. The molecule has 0 unspecified atom stereocenters. The van der Waals surface area contributed by atoms with Gasteiger partial charge in [-0.25, -0.2) is 13.4 Å². The molecule has 1 aliphatic heterocycles. The summed E-state index contributed by atoms with van der Waals surface area (Å²) < 4.78 is 27.1. The Morgan fingerprint density at radius 1 is 1.21 bits per heavy atom. The van der Waals surface area contributed by atoms with Gasteiger partial charge in [0.2, 0.25) is 5.91 Å². The third-order valence-electron chi connectivity index (χ3n) is 3.84. The van der Waals surface area contributed by atoms with Crippen LogP contribution in [0.3, 0.4) is 0 Å². The van der Waals surface area contributed by atoms with E-state index in [0.29, 0.717) is 13.1 Å². The van der Waals surface area contributed by atoms with Crippen molar-refractivity contribution in [3.8, 4) is 0 Å². The van der Waals surface area contributed by atoms with Crippen molar-refractivity contribution >= 4 is 38.8 Å². The molecule has 7 nitrogen and oxygen atoms in total. The largest absolute Gasteiger partial charge is 0.367 e. The SMILES string of the molecule is CC(=O)N1CCN(c2ccc(NS(=O)(=O)c3cccs3)nc2)CC1. The molecule has 1 N–H and O–H groups in total. The number of carbonyl (C=O) groups excluding carboxylic acids is 1. The number of carbonyl (C=O) groups is 1. The van der Waals surface area contributed by atoms with E-state index in [1.54, 1.807) is 36.7 Å². The third kappa shape index (κ3) is 3.68. The van der Waals surface area contributed by atoms with Gasteiger partial charge in [0.05, 0.1) is 11.9 Å². The Bertz CT molecular complexity index is 796. The van der Waals surface area contributed by atoms with Crippen LogP contribution in [0.5, 0.6) is 0 Å². The van der Waals surface area contributed by atoms with Gasteiger partial charge in [-0.15, -0.1) is 11.3 Å². The van der Waals surface area contributed by atoms with Crippen molar-refractivity contribution in [1.29, 1.82) is 0 Å². The second-order valence-corrected chi connectivity index (χ2v) is 8.29. The number of nitrogens with zero attached hydrogens (tertiary/aromatic N) is 3. The summed E-state index contributed by atoms with van der Waals surface area (Å²) in [6.07, 6.45) is 1.65. The molecule has 24 heavy (non-hydrogen) atoms. The van der Waals surface area contributed by atoms with E-state index in [4.69, 9.17) is 0 Å². The Balaban J connectivity index is 1.65. The molecule has 1 aliphatic rings. The summed E-state index contributed by atoms with van der Waals surface area (Å²) in [7, 11) is -3.58. The molecule has 3 heterocycles. The Labute approximate surface area is 145 Å². The molecule has 3 rings (SSSR count). The summed E-state index contributed by atoms with van der Waals surface area (Å²) in [5, 5.41) is 1.71. The lowest BCUT2D eigenvalue weighted by Crippen LogP contribution is -2.48. The molecular weight excluding hydrogens is 348 g/mol. The van der Waals surface area contributed by atoms with Crippen LogP contribution in [0, 0.1) is 0 Å². The number of pyridine rings is 1. The maximum Gasteiger partial charge on any atom is 0.272 e. The minimum Gasteiger partial charge on any atom is -0.367 e. The van der Waals surface area contributed by atoms with Crippen molar-refractivity contribution < 1.29 is 13.2 Å². The minimum atomic E-state index is -3.58. The van der Waals surface area contributed by atoms with E-state index < -0.39 is 10.0 Å². The Hall–Kier alpha value is -2.13. The zero-order chi connectivity index (χ0) is 17.2. The molecule has 9 heteroatoms. The van der Waals surface area contributed by atoms with Gasteiger partial charge < -0.3 is 9.80 Å². The summed E-state index contributed by atoms with van der Waals surface area (Å²) in [4.78, 5) is 19.5. The quantitative estimate of drug-likeness (QED) is 0.889. The highest BCUT2D eigenvalue weighted by molar-refractivity contribution is 7.94. The van der Waals surface area contributed by atoms with Crippen LogP contribution in [-0.2, 0) is 14.8 Å². The van der Waals surface area contributed by atoms with Crippen LogP contribution in [0.25, 0.3) is 0 Å². The Morgan fingerprint density at radius 2 is 1.96 bits per heavy atom. The number of nitrogens with one attached hydrogen (secondary N) is 1. The van der Waals surface area contributed by atoms with Gasteiger partial charge in [0.1, 0.15) is 10.0 Å². The molecule has 1 amide bonds. The Kier molecular flexibility index (Phi) is 4.72. The first-order valence-corrected chi connectivity index (χ1v) is 9.85. The van der Waals surface area contributed by atoms with Gasteiger partial charge in [0.15, 0.2) is 0 Å². The maximum absolute atomic E-state index is 12.2. The number of amides is 1. The van der Waals surface area contributed by atoms with Gasteiger partial charge in [-0.3, -0.25) is 9.52 Å². The highest BCUT2D eigenvalue weighted by Crippen LogP contribution is 2.21. The molecule has 0 spiro atoms. The van der Waals surface area contributed by atoms with E-state index in [1.807, 2.05) is 11.0 Å². The van der Waals surface area contributed by atoms with E-state index in [1.165, 1.54) is 0 Å². The minimum absolute atomic E-state index is 0.0890. The highest BCUT2D eigenvalue weighted by Gasteiger charge is 2.20. The number of aromatic nitrogens is 1. The zero-order valence-corrected chi connectivity index (χ0v) is 14.8. The molecule has 0 saturated carbocycles. The van der Waals surface area contributed by atoms with Crippen LogP contribution in [0.2, 0.25) is 0 Å². The second kappa shape index (κ2) is 6.78. The summed E-state index contributed by atoms with van der Waals surface area (Å²) in [5.74, 6) is 0.376. The lowest BCUT2D eigenvalue weighted by atomic mass is 10.2. The van der Waals surface area contributed by atoms with E-state index in [2.05, 4.69) is 14.6 Å². The smallest absolute Gasteiger partial charge is 0.272 e. The van der Waals surface area contributed by atoms with Gasteiger partial charge in [-0.05, 0) is 23.6 Å². The van der Waals surface area contributed by atoms with Crippen LogP contribution in [-0.4, -0.2) is 50.4 Å². The molecule has 0 radical (unpaired) electrons. The number of thiophene rings is 1. The molecule has 1 fully saturated rings. The normalized spacial score (nSPS) is 15.4. The number of rotatable bonds is 4. The van der Waals surface area contributed by atoms with Gasteiger partial charge >= 0.3 is 0 Å². The van der Waals surface area contributed by atoms with Crippen molar-refractivity contribution in [3.63, 3.8) is 0 Å². The summed E-state index contributed by atoms with van der Waals surface area (Å²) in [6.45, 7) is 4.42. The molecule has 2 aromatic heterocycles. The predicted octanol–water partition coefficient (Wildman–Crippen LogP) is 1.61. The number of hydrogen-bond donors (Lipinski definition) is 1. The van der Waals surface area contributed by atoms with Crippen LogP contribution in [0.1, 0.15) is 6.92 Å².